The monoisotopic (exact) mass is 414 g/mol. The molecule has 0 unspecified atom stereocenters. The highest BCUT2D eigenvalue weighted by atomic mass is 79.9. The van der Waals surface area contributed by atoms with Gasteiger partial charge < -0.3 is 9.47 Å². The highest BCUT2D eigenvalue weighted by Gasteiger charge is 2.32. The Kier molecular flexibility index (Phi) is 5.52. The number of hydrogen-bond acceptors (Lipinski definition) is 2. The third-order valence-corrected chi connectivity index (χ3v) is 5.44. The lowest BCUT2D eigenvalue weighted by Crippen LogP contribution is -2.36. The first-order valence-corrected chi connectivity index (χ1v) is 8.27. The minimum atomic E-state index is -0.472. The zero-order valence-corrected chi connectivity index (χ0v) is 14.2. The number of benzene rings is 1. The van der Waals surface area contributed by atoms with E-state index in [-0.39, 0.29) is 10.4 Å². The van der Waals surface area contributed by atoms with Gasteiger partial charge in [-0.3, -0.25) is 0 Å². The Bertz CT molecular complexity index is 451. The van der Waals surface area contributed by atoms with E-state index in [1.54, 1.807) is 0 Å². The molecule has 0 spiro atoms. The number of rotatable bonds is 4. The van der Waals surface area contributed by atoms with Gasteiger partial charge in [0.25, 0.3) is 0 Å². The second-order valence-electron chi connectivity index (χ2n) is 4.73. The molecule has 0 atom stereocenters. The summed E-state index contributed by atoms with van der Waals surface area (Å²) < 4.78 is 25.3. The summed E-state index contributed by atoms with van der Waals surface area (Å²) in [6.07, 6.45) is 1.87. The first-order chi connectivity index (χ1) is 9.06. The normalized spacial score (nSPS) is 18.3. The van der Waals surface area contributed by atoms with Gasteiger partial charge in [-0.05, 0) is 34.8 Å². The van der Waals surface area contributed by atoms with E-state index < -0.39 is 5.82 Å². The summed E-state index contributed by atoms with van der Waals surface area (Å²) in [6, 6.07) is 2.82. The van der Waals surface area contributed by atoms with E-state index >= 15 is 0 Å². The molecule has 19 heavy (non-hydrogen) atoms. The van der Waals surface area contributed by atoms with E-state index in [1.165, 1.54) is 12.1 Å². The molecule has 1 aliphatic rings. The van der Waals surface area contributed by atoms with Crippen molar-refractivity contribution in [3.05, 3.63) is 27.4 Å². The fourth-order valence-corrected chi connectivity index (χ4v) is 3.44. The fourth-order valence-electron chi connectivity index (χ4n) is 1.97. The maximum atomic E-state index is 13.4. The molecule has 0 amide bonds. The van der Waals surface area contributed by atoms with E-state index in [4.69, 9.17) is 21.1 Å². The second kappa shape index (κ2) is 6.74. The van der Waals surface area contributed by atoms with E-state index in [0.29, 0.717) is 16.8 Å². The van der Waals surface area contributed by atoms with Gasteiger partial charge in [-0.15, -0.1) is 0 Å². The van der Waals surface area contributed by atoms with Gasteiger partial charge in [0.2, 0.25) is 0 Å². The third kappa shape index (κ3) is 3.84. The van der Waals surface area contributed by atoms with Crippen molar-refractivity contribution < 1.29 is 13.9 Å². The lowest BCUT2D eigenvalue weighted by Gasteiger charge is -2.35. The Hall–Kier alpha value is 0.160. The molecule has 2 nitrogen and oxygen atoms in total. The Morgan fingerprint density at radius 1 is 1.37 bits per heavy atom. The van der Waals surface area contributed by atoms with Crippen LogP contribution in [-0.4, -0.2) is 25.2 Å². The summed E-state index contributed by atoms with van der Waals surface area (Å²) in [6.45, 7) is 2.01. The summed E-state index contributed by atoms with van der Waals surface area (Å²) in [5, 5.41) is 0.928. The van der Waals surface area contributed by atoms with Crippen LogP contribution < -0.4 is 4.74 Å². The Balaban J connectivity index is 2.07. The lowest BCUT2D eigenvalue weighted by atomic mass is 9.83. The van der Waals surface area contributed by atoms with Crippen LogP contribution in [0.2, 0.25) is 5.02 Å². The molecule has 0 radical (unpaired) electrons. The van der Waals surface area contributed by atoms with Crippen LogP contribution >= 0.6 is 43.5 Å². The van der Waals surface area contributed by atoms with Crippen LogP contribution in [0, 0.1) is 11.2 Å². The van der Waals surface area contributed by atoms with Gasteiger partial charge in [-0.25, -0.2) is 4.39 Å². The number of halogens is 4. The van der Waals surface area contributed by atoms with Crippen LogP contribution in [0.4, 0.5) is 4.39 Å². The van der Waals surface area contributed by atoms with Crippen molar-refractivity contribution >= 4 is 43.5 Å². The maximum Gasteiger partial charge on any atom is 0.145 e. The SMILES string of the molecule is Fc1cc(OCC2(CBr)CCOCC2)c(Br)cc1Cl. The molecule has 1 aromatic carbocycles. The van der Waals surface area contributed by atoms with Gasteiger partial charge >= 0.3 is 0 Å². The summed E-state index contributed by atoms with van der Waals surface area (Å²) >= 11 is 12.6. The molecule has 1 fully saturated rings. The Labute approximate surface area is 133 Å². The molecule has 0 aromatic heterocycles. The largest absolute Gasteiger partial charge is 0.492 e. The van der Waals surface area contributed by atoms with Crippen molar-refractivity contribution in [2.45, 2.75) is 12.8 Å². The van der Waals surface area contributed by atoms with Gasteiger partial charge in [0, 0.05) is 30.0 Å². The van der Waals surface area contributed by atoms with Crippen molar-refractivity contribution in [3.8, 4) is 5.75 Å². The van der Waals surface area contributed by atoms with Crippen LogP contribution in [0.1, 0.15) is 12.8 Å². The number of hydrogen-bond donors (Lipinski definition) is 0. The molecule has 0 bridgehead atoms. The van der Waals surface area contributed by atoms with Gasteiger partial charge in [0.15, 0.2) is 0 Å². The van der Waals surface area contributed by atoms with Crippen LogP contribution in [-0.2, 0) is 4.74 Å². The fraction of sp³-hybridized carbons (Fsp3) is 0.538. The zero-order chi connectivity index (χ0) is 13.9. The molecule has 0 aliphatic carbocycles. The molecule has 106 valence electrons. The van der Waals surface area contributed by atoms with Crippen molar-refractivity contribution in [1.82, 2.24) is 0 Å². The van der Waals surface area contributed by atoms with Gasteiger partial charge in [0.1, 0.15) is 11.6 Å². The highest BCUT2D eigenvalue weighted by Crippen LogP contribution is 2.36. The van der Waals surface area contributed by atoms with Gasteiger partial charge in [-0.1, -0.05) is 27.5 Å². The molecule has 0 saturated carbocycles. The minimum Gasteiger partial charge on any atom is -0.492 e. The van der Waals surface area contributed by atoms with Crippen molar-refractivity contribution in [3.63, 3.8) is 0 Å². The van der Waals surface area contributed by atoms with E-state index in [2.05, 4.69) is 31.9 Å². The average molecular weight is 417 g/mol. The first kappa shape index (κ1) is 15.5. The molecule has 1 aliphatic heterocycles. The topological polar surface area (TPSA) is 18.5 Å². The second-order valence-corrected chi connectivity index (χ2v) is 6.55. The highest BCUT2D eigenvalue weighted by molar-refractivity contribution is 9.10. The molecule has 0 N–H and O–H groups in total. The molecule has 6 heteroatoms. The minimum absolute atomic E-state index is 0.0494. The van der Waals surface area contributed by atoms with Crippen molar-refractivity contribution in [2.24, 2.45) is 5.41 Å². The molecular weight excluding hydrogens is 402 g/mol. The predicted molar refractivity (Wildman–Crippen MR) is 80.9 cm³/mol. The third-order valence-electron chi connectivity index (χ3n) is 3.35. The molecule has 2 rings (SSSR count). The Morgan fingerprint density at radius 2 is 2.05 bits per heavy atom. The van der Waals surface area contributed by atoms with Crippen molar-refractivity contribution in [2.75, 3.05) is 25.2 Å². The van der Waals surface area contributed by atoms with E-state index in [9.17, 15) is 4.39 Å². The Morgan fingerprint density at radius 3 is 2.68 bits per heavy atom. The van der Waals surface area contributed by atoms with Crippen LogP contribution in [0.15, 0.2) is 16.6 Å². The van der Waals surface area contributed by atoms with Crippen LogP contribution in [0.3, 0.4) is 0 Å². The summed E-state index contributed by atoms with van der Waals surface area (Å²) in [5.41, 5.74) is 0.0494. The van der Waals surface area contributed by atoms with Crippen LogP contribution in [0.25, 0.3) is 0 Å². The smallest absolute Gasteiger partial charge is 0.145 e. The molecule has 1 heterocycles. The lowest BCUT2D eigenvalue weighted by molar-refractivity contribution is 0.00336. The number of alkyl halides is 1. The maximum absolute atomic E-state index is 13.4. The predicted octanol–water partition coefficient (Wildman–Crippen LogP) is 4.81. The molecular formula is C13H14Br2ClFO2. The molecule has 1 saturated heterocycles. The van der Waals surface area contributed by atoms with E-state index in [1.807, 2.05) is 0 Å². The zero-order valence-electron chi connectivity index (χ0n) is 10.2. The summed E-state index contributed by atoms with van der Waals surface area (Å²) in [5.74, 6) is 0.00783. The average Bonchev–Trinajstić information content (AvgIpc) is 2.42. The summed E-state index contributed by atoms with van der Waals surface area (Å²) in [4.78, 5) is 0. The van der Waals surface area contributed by atoms with Crippen LogP contribution in [0.5, 0.6) is 5.75 Å². The van der Waals surface area contributed by atoms with Gasteiger partial charge in [0.05, 0.1) is 16.1 Å². The van der Waals surface area contributed by atoms with Gasteiger partial charge in [-0.2, -0.15) is 0 Å². The number of ether oxygens (including phenoxy) is 2. The first-order valence-electron chi connectivity index (χ1n) is 5.97. The van der Waals surface area contributed by atoms with Crippen molar-refractivity contribution in [1.29, 1.82) is 0 Å². The standard InChI is InChI=1S/C13H14Br2ClFO2/c14-7-13(1-3-18-4-2-13)8-19-12-6-11(17)10(16)5-9(12)15/h5-6H,1-4,7-8H2. The summed E-state index contributed by atoms with van der Waals surface area (Å²) in [7, 11) is 0. The molecule has 1 aromatic rings. The quantitative estimate of drug-likeness (QED) is 0.518. The van der Waals surface area contributed by atoms with E-state index in [0.717, 1.165) is 31.4 Å².